The van der Waals surface area contributed by atoms with E-state index in [-0.39, 0.29) is 16.6 Å². The topological polar surface area (TPSA) is 70.2 Å². The van der Waals surface area contributed by atoms with Crippen molar-refractivity contribution in [3.8, 4) is 5.75 Å². The minimum Gasteiger partial charge on any atom is -0.495 e. The monoisotopic (exact) mass is 431 g/mol. The Balaban J connectivity index is 1.97. The highest BCUT2D eigenvalue weighted by molar-refractivity contribution is 7.89. The fourth-order valence-electron chi connectivity index (χ4n) is 3.76. The lowest BCUT2D eigenvalue weighted by atomic mass is 10.1. The first-order valence-corrected chi connectivity index (χ1v) is 11.5. The zero-order valence-corrected chi connectivity index (χ0v) is 18.8. The summed E-state index contributed by atoms with van der Waals surface area (Å²) in [6.07, 6.45) is 0. The van der Waals surface area contributed by atoms with Crippen LogP contribution in [0.25, 0.3) is 0 Å². The number of hydrogen-bond acceptors (Lipinski definition) is 5. The Morgan fingerprint density at radius 1 is 1.10 bits per heavy atom. The van der Waals surface area contributed by atoms with Crippen LogP contribution in [0.3, 0.4) is 0 Å². The van der Waals surface area contributed by atoms with E-state index in [0.717, 1.165) is 11.3 Å². The molecule has 0 atom stereocenters. The molecule has 0 bridgehead atoms. The summed E-state index contributed by atoms with van der Waals surface area (Å²) in [4.78, 5) is 17.2. The van der Waals surface area contributed by atoms with Crippen molar-refractivity contribution < 1.29 is 17.9 Å². The molecule has 0 spiro atoms. The molecule has 0 fully saturated rings. The van der Waals surface area contributed by atoms with Gasteiger partial charge in [0, 0.05) is 51.0 Å². The van der Waals surface area contributed by atoms with Crippen LogP contribution in [-0.4, -0.2) is 63.9 Å². The van der Waals surface area contributed by atoms with Crippen molar-refractivity contribution in [2.24, 2.45) is 0 Å². The number of nitrogens with zero attached hydrogens (tertiary/aromatic N) is 3. The fraction of sp³-hybridized carbons (Fsp3) is 0.409. The summed E-state index contributed by atoms with van der Waals surface area (Å²) in [5.41, 5.74) is 2.51. The van der Waals surface area contributed by atoms with Crippen molar-refractivity contribution in [2.75, 3.05) is 45.2 Å². The summed E-state index contributed by atoms with van der Waals surface area (Å²) >= 11 is 0. The number of rotatable bonds is 6. The van der Waals surface area contributed by atoms with Crippen molar-refractivity contribution >= 4 is 21.6 Å². The summed E-state index contributed by atoms with van der Waals surface area (Å²) in [7, 11) is -0.327. The van der Waals surface area contributed by atoms with E-state index in [1.165, 1.54) is 17.5 Å². The van der Waals surface area contributed by atoms with E-state index in [4.69, 9.17) is 4.74 Å². The second-order valence-electron chi connectivity index (χ2n) is 7.23. The van der Waals surface area contributed by atoms with Gasteiger partial charge in [-0.25, -0.2) is 8.42 Å². The van der Waals surface area contributed by atoms with Gasteiger partial charge in [-0.3, -0.25) is 4.79 Å². The van der Waals surface area contributed by atoms with Gasteiger partial charge in [-0.05, 0) is 29.8 Å². The van der Waals surface area contributed by atoms with Crippen LogP contribution in [0.5, 0.6) is 5.75 Å². The molecule has 0 saturated carbocycles. The van der Waals surface area contributed by atoms with Gasteiger partial charge >= 0.3 is 0 Å². The quantitative estimate of drug-likeness (QED) is 0.703. The number of benzene rings is 2. The van der Waals surface area contributed by atoms with Crippen LogP contribution in [0.1, 0.15) is 29.8 Å². The van der Waals surface area contributed by atoms with E-state index in [2.05, 4.69) is 4.90 Å². The first-order chi connectivity index (χ1) is 14.3. The summed E-state index contributed by atoms with van der Waals surface area (Å²) < 4.78 is 32.9. The molecule has 1 heterocycles. The highest BCUT2D eigenvalue weighted by Crippen LogP contribution is 2.29. The van der Waals surface area contributed by atoms with Crippen molar-refractivity contribution in [1.82, 2.24) is 9.21 Å². The number of fused-ring (bicyclic) bond motifs is 1. The largest absolute Gasteiger partial charge is 0.495 e. The summed E-state index contributed by atoms with van der Waals surface area (Å²) in [6.45, 7) is 5.98. The number of sulfonamides is 1. The highest BCUT2D eigenvalue weighted by atomic mass is 32.2. The molecule has 2 aromatic carbocycles. The summed E-state index contributed by atoms with van der Waals surface area (Å²) in [5, 5.41) is 0. The molecule has 0 aromatic heterocycles. The standard InChI is InChI=1S/C22H29N3O4S/c1-5-25(6-2)30(27,28)21-15-17(11-12-20(21)29-4)22(26)24-14-13-23(3)19-10-8-7-9-18(19)16-24/h7-12,15H,5-6,13-14,16H2,1-4H3. The van der Waals surface area contributed by atoms with Crippen molar-refractivity contribution in [2.45, 2.75) is 25.3 Å². The van der Waals surface area contributed by atoms with E-state index < -0.39 is 10.0 Å². The maximum absolute atomic E-state index is 13.3. The Morgan fingerprint density at radius 3 is 2.47 bits per heavy atom. The predicted molar refractivity (Wildman–Crippen MR) is 118 cm³/mol. The molecule has 1 aliphatic heterocycles. The molecule has 0 radical (unpaired) electrons. The summed E-state index contributed by atoms with van der Waals surface area (Å²) in [5.74, 6) is 0.0400. The van der Waals surface area contributed by atoms with E-state index in [9.17, 15) is 13.2 Å². The molecular weight excluding hydrogens is 402 g/mol. The normalized spacial score (nSPS) is 14.4. The smallest absolute Gasteiger partial charge is 0.254 e. The maximum Gasteiger partial charge on any atom is 0.254 e. The van der Waals surface area contributed by atoms with Crippen LogP contribution in [0, 0.1) is 0 Å². The van der Waals surface area contributed by atoms with E-state index in [1.807, 2.05) is 31.3 Å². The number of carbonyl (C=O) groups excluding carboxylic acids is 1. The minimum absolute atomic E-state index is 0.0203. The second kappa shape index (κ2) is 9.06. The number of ether oxygens (including phenoxy) is 1. The Kier molecular flexibility index (Phi) is 6.67. The van der Waals surface area contributed by atoms with Crippen LogP contribution in [0.4, 0.5) is 5.69 Å². The molecule has 8 heteroatoms. The van der Waals surface area contributed by atoms with Crippen LogP contribution in [0.15, 0.2) is 47.4 Å². The lowest BCUT2D eigenvalue weighted by molar-refractivity contribution is 0.0751. The van der Waals surface area contributed by atoms with Crippen molar-refractivity contribution in [3.05, 3.63) is 53.6 Å². The summed E-state index contributed by atoms with van der Waals surface area (Å²) in [6, 6.07) is 12.6. The van der Waals surface area contributed by atoms with Gasteiger partial charge in [0.15, 0.2) is 0 Å². The van der Waals surface area contributed by atoms with E-state index >= 15 is 0 Å². The number of likely N-dealkylation sites (N-methyl/N-ethyl adjacent to an activating group) is 1. The number of methoxy groups -OCH3 is 1. The first-order valence-electron chi connectivity index (χ1n) is 10.1. The van der Waals surface area contributed by atoms with Gasteiger partial charge < -0.3 is 14.5 Å². The highest BCUT2D eigenvalue weighted by Gasteiger charge is 2.28. The average molecular weight is 432 g/mol. The molecule has 162 valence electrons. The molecule has 3 rings (SSSR count). The van der Waals surface area contributed by atoms with Crippen LogP contribution in [-0.2, 0) is 16.6 Å². The zero-order valence-electron chi connectivity index (χ0n) is 18.0. The fourth-order valence-corrected chi connectivity index (χ4v) is 5.40. The lowest BCUT2D eigenvalue weighted by Crippen LogP contribution is -2.35. The number of anilines is 1. The number of carbonyl (C=O) groups is 1. The van der Waals surface area contributed by atoms with Crippen molar-refractivity contribution in [3.63, 3.8) is 0 Å². The first kappa shape index (κ1) is 22.1. The molecule has 0 saturated heterocycles. The molecule has 7 nitrogen and oxygen atoms in total. The predicted octanol–water partition coefficient (Wildman–Crippen LogP) is 2.82. The van der Waals surface area contributed by atoms with Gasteiger partial charge in [0.1, 0.15) is 10.6 Å². The molecule has 0 N–H and O–H groups in total. The Morgan fingerprint density at radius 2 is 1.80 bits per heavy atom. The van der Waals surface area contributed by atoms with Crippen molar-refractivity contribution in [1.29, 1.82) is 0 Å². The third kappa shape index (κ3) is 4.15. The SMILES string of the molecule is CCN(CC)S(=O)(=O)c1cc(C(=O)N2CCN(C)c3ccccc3C2)ccc1OC. The number of hydrogen-bond donors (Lipinski definition) is 0. The van der Waals surface area contributed by atoms with Gasteiger partial charge in [-0.15, -0.1) is 0 Å². The zero-order chi connectivity index (χ0) is 21.9. The molecule has 30 heavy (non-hydrogen) atoms. The molecule has 1 amide bonds. The molecule has 1 aliphatic rings. The Hall–Kier alpha value is -2.58. The molecule has 2 aromatic rings. The number of amides is 1. The van der Waals surface area contributed by atoms with Crippen LogP contribution >= 0.6 is 0 Å². The van der Waals surface area contributed by atoms with Crippen LogP contribution < -0.4 is 9.64 Å². The molecular formula is C22H29N3O4S. The van der Waals surface area contributed by atoms with Gasteiger partial charge in [0.2, 0.25) is 10.0 Å². The van der Waals surface area contributed by atoms with Crippen LogP contribution in [0.2, 0.25) is 0 Å². The molecule has 0 aliphatic carbocycles. The van der Waals surface area contributed by atoms with Gasteiger partial charge in [-0.2, -0.15) is 4.31 Å². The third-order valence-corrected chi connectivity index (χ3v) is 7.56. The molecule has 0 unspecified atom stereocenters. The second-order valence-corrected chi connectivity index (χ2v) is 9.14. The van der Waals surface area contributed by atoms with Gasteiger partial charge in [0.25, 0.3) is 5.91 Å². The third-order valence-electron chi connectivity index (χ3n) is 5.49. The minimum atomic E-state index is -3.77. The van der Waals surface area contributed by atoms with E-state index in [0.29, 0.717) is 38.3 Å². The van der Waals surface area contributed by atoms with Gasteiger partial charge in [0.05, 0.1) is 7.11 Å². The lowest BCUT2D eigenvalue weighted by Gasteiger charge is -2.23. The Labute approximate surface area is 178 Å². The Bertz CT molecular complexity index is 1020. The van der Waals surface area contributed by atoms with Gasteiger partial charge in [-0.1, -0.05) is 32.0 Å². The number of para-hydroxylation sites is 1. The maximum atomic E-state index is 13.3. The average Bonchev–Trinajstić information content (AvgIpc) is 2.92. The van der Waals surface area contributed by atoms with E-state index in [1.54, 1.807) is 30.9 Å².